The number of aliphatic hydroxyl groups is 2. The third-order valence-corrected chi connectivity index (χ3v) is 4.68. The molecule has 0 bridgehead atoms. The molecule has 0 saturated carbocycles. The lowest BCUT2D eigenvalue weighted by Gasteiger charge is -2.28. The molecule has 0 aliphatic rings. The number of rotatable bonds is 14. The first-order valence-electron chi connectivity index (χ1n) is 9.43. The van der Waals surface area contributed by atoms with Crippen LogP contribution in [0.25, 0.3) is 0 Å². The Kier molecular flexibility index (Phi) is 21.7. The molecule has 0 aliphatic carbocycles. The van der Waals surface area contributed by atoms with Crippen molar-refractivity contribution in [1.82, 2.24) is 31.5 Å². The molecular weight excluding hydrogens is 458 g/mol. The van der Waals surface area contributed by atoms with E-state index in [1.54, 1.807) is 14.1 Å². The molecule has 15 nitrogen and oxygen atoms in total. The van der Waals surface area contributed by atoms with Gasteiger partial charge in [0.1, 0.15) is 6.17 Å². The molecule has 0 unspecified atom stereocenters. The average molecular weight is 494 g/mol. The number of amides is 4. The monoisotopic (exact) mass is 494 g/mol. The highest BCUT2D eigenvalue weighted by Crippen LogP contribution is 2.41. The van der Waals surface area contributed by atoms with E-state index in [-0.39, 0.29) is 26.3 Å². The maximum absolute atomic E-state index is 12.2. The molecule has 10 N–H and O–H groups in total. The van der Waals surface area contributed by atoms with Gasteiger partial charge in [0.05, 0.1) is 26.3 Å². The normalized spacial score (nSPS) is 10.7. The topological polar surface area (TPSA) is 219 Å². The Labute approximate surface area is 184 Å². The van der Waals surface area contributed by atoms with Gasteiger partial charge in [-0.25, -0.2) is 24.8 Å². The molecule has 0 fully saturated rings. The summed E-state index contributed by atoms with van der Waals surface area (Å²) in [4.78, 5) is 55.6. The Morgan fingerprint density at radius 2 is 1.29 bits per heavy atom. The number of nitrogens with zero attached hydrogens (tertiary/aromatic N) is 2. The summed E-state index contributed by atoms with van der Waals surface area (Å²) in [6.45, 7) is 1.98. The number of nitrogens with one attached hydrogen (secondary N) is 4. The van der Waals surface area contributed by atoms with Gasteiger partial charge in [0, 0.05) is 14.1 Å². The van der Waals surface area contributed by atoms with E-state index in [9.17, 15) is 9.59 Å². The lowest BCUT2D eigenvalue weighted by atomic mass is 10.2. The number of aliphatic hydroxyl groups excluding tert-OH is 2. The minimum Gasteiger partial charge on any atom is -0.394 e. The van der Waals surface area contributed by atoms with Crippen molar-refractivity contribution in [2.24, 2.45) is 0 Å². The molecule has 31 heavy (non-hydrogen) atoms. The number of unbranched alkanes of at least 4 members (excludes halogenated alkanes) is 2. The zero-order valence-electron chi connectivity index (χ0n) is 17.9. The first-order valence-corrected chi connectivity index (χ1v) is 11.8. The van der Waals surface area contributed by atoms with Crippen LogP contribution in [0.3, 0.4) is 0 Å². The van der Waals surface area contributed by atoms with Crippen molar-refractivity contribution in [3.63, 3.8) is 0 Å². The van der Waals surface area contributed by atoms with Crippen molar-refractivity contribution in [2.75, 3.05) is 40.4 Å². The molecule has 0 aromatic rings. The van der Waals surface area contributed by atoms with Gasteiger partial charge in [0.15, 0.2) is 0 Å². The van der Waals surface area contributed by atoms with Crippen LogP contribution in [0.4, 0.5) is 9.59 Å². The van der Waals surface area contributed by atoms with Gasteiger partial charge >= 0.3 is 29.3 Å². The minimum atomic E-state index is -2.61. The van der Waals surface area contributed by atoms with Crippen molar-refractivity contribution >= 4 is 29.3 Å². The van der Waals surface area contributed by atoms with Crippen molar-refractivity contribution in [2.45, 2.75) is 38.8 Å². The summed E-state index contributed by atoms with van der Waals surface area (Å²) >= 11 is 0. The molecule has 0 aromatic heterocycles. The summed E-state index contributed by atoms with van der Waals surface area (Å²) in [5, 5.41) is 25.8. The summed E-state index contributed by atoms with van der Waals surface area (Å²) in [6, 6.07) is -0.877. The minimum absolute atomic E-state index is 0.130. The number of hydrogen-bond donors (Lipinski definition) is 10. The standard InChI is InChI=1S/C14H32N6O4.H4O5P2/c1-4-5-6-7-12(17-13(23)19(15-2)8-10-21)18-14(24)20(16-3)9-11-22;1-6(2)5-7(3)4/h12,15-16,21-22H,4-11H2,1-3H3,(H,17,23)(H,18,24);1-4H. The van der Waals surface area contributed by atoms with Gasteiger partial charge in [-0.2, -0.15) is 0 Å². The first-order chi connectivity index (χ1) is 14.7. The van der Waals surface area contributed by atoms with E-state index in [0.717, 1.165) is 19.3 Å². The van der Waals surface area contributed by atoms with Gasteiger partial charge in [-0.05, 0) is 12.8 Å². The molecule has 4 amide bonds. The average Bonchev–Trinajstić information content (AvgIpc) is 2.69. The molecule has 0 spiro atoms. The molecule has 17 heteroatoms. The molecule has 186 valence electrons. The molecule has 0 saturated heterocycles. The summed E-state index contributed by atoms with van der Waals surface area (Å²) in [7, 11) is -2.08. The van der Waals surface area contributed by atoms with Crippen LogP contribution >= 0.6 is 17.2 Å². The lowest BCUT2D eigenvalue weighted by Crippen LogP contribution is -2.58. The van der Waals surface area contributed by atoms with Crippen molar-refractivity contribution in [1.29, 1.82) is 0 Å². The number of hydrogen-bond acceptors (Lipinski definition) is 11. The van der Waals surface area contributed by atoms with E-state index < -0.39 is 35.4 Å². The van der Waals surface area contributed by atoms with E-state index >= 15 is 0 Å². The molecule has 0 rings (SSSR count). The molecule has 0 aliphatic heterocycles. The lowest BCUT2D eigenvalue weighted by molar-refractivity contribution is 0.140. The second kappa shape index (κ2) is 20.9. The third-order valence-electron chi connectivity index (χ3n) is 3.52. The van der Waals surface area contributed by atoms with E-state index in [1.165, 1.54) is 10.0 Å². The Morgan fingerprint density at radius 3 is 1.55 bits per heavy atom. The summed E-state index contributed by atoms with van der Waals surface area (Å²) in [5.74, 6) is 0. The van der Waals surface area contributed by atoms with Crippen LogP contribution in [0.5, 0.6) is 0 Å². The van der Waals surface area contributed by atoms with Crippen LogP contribution in [0, 0.1) is 0 Å². The van der Waals surface area contributed by atoms with Crippen LogP contribution < -0.4 is 21.5 Å². The fourth-order valence-electron chi connectivity index (χ4n) is 2.13. The first kappa shape index (κ1) is 32.2. The van der Waals surface area contributed by atoms with Crippen molar-refractivity contribution in [3.05, 3.63) is 0 Å². The van der Waals surface area contributed by atoms with Gasteiger partial charge < -0.3 is 40.4 Å². The Bertz CT molecular complexity index is 434. The largest absolute Gasteiger partial charge is 0.394 e. The Balaban J connectivity index is 0. The zero-order chi connectivity index (χ0) is 24.2. The predicted octanol–water partition coefficient (Wildman–Crippen LogP) is -1.40. The van der Waals surface area contributed by atoms with E-state index in [1.807, 2.05) is 0 Å². The molecule has 0 atom stereocenters. The van der Waals surface area contributed by atoms with Crippen LogP contribution in [0.2, 0.25) is 0 Å². The number of urea groups is 2. The van der Waals surface area contributed by atoms with Crippen LogP contribution in [0.15, 0.2) is 0 Å². The van der Waals surface area contributed by atoms with Crippen molar-refractivity contribution < 1.29 is 43.7 Å². The van der Waals surface area contributed by atoms with Gasteiger partial charge in [0.2, 0.25) is 0 Å². The highest BCUT2D eigenvalue weighted by Gasteiger charge is 2.20. The highest BCUT2D eigenvalue weighted by molar-refractivity contribution is 7.53. The van der Waals surface area contributed by atoms with Crippen LogP contribution in [0.1, 0.15) is 32.6 Å². The molecule has 0 radical (unpaired) electrons. The van der Waals surface area contributed by atoms with Crippen LogP contribution in [-0.2, 0) is 4.31 Å². The zero-order valence-corrected chi connectivity index (χ0v) is 19.7. The molecule has 0 aromatic carbocycles. The second-order valence-electron chi connectivity index (χ2n) is 5.73. The highest BCUT2D eigenvalue weighted by atomic mass is 31.2. The van der Waals surface area contributed by atoms with E-state index in [4.69, 9.17) is 29.8 Å². The molecule has 0 heterocycles. The predicted molar refractivity (Wildman–Crippen MR) is 114 cm³/mol. The van der Waals surface area contributed by atoms with E-state index in [2.05, 4.69) is 32.7 Å². The van der Waals surface area contributed by atoms with Gasteiger partial charge in [-0.1, -0.05) is 19.8 Å². The van der Waals surface area contributed by atoms with E-state index in [0.29, 0.717) is 6.42 Å². The Hall–Kier alpha value is -0.960. The fourth-order valence-corrected chi connectivity index (χ4v) is 2.65. The summed E-state index contributed by atoms with van der Waals surface area (Å²) in [6.07, 6.45) is 2.88. The van der Waals surface area contributed by atoms with Crippen LogP contribution in [-0.4, -0.2) is 98.4 Å². The quantitative estimate of drug-likeness (QED) is 0.0585. The van der Waals surface area contributed by atoms with Gasteiger partial charge in [-0.3, -0.25) is 10.0 Å². The maximum Gasteiger partial charge on any atom is 0.334 e. The van der Waals surface area contributed by atoms with Crippen molar-refractivity contribution in [3.8, 4) is 0 Å². The summed E-state index contributed by atoms with van der Waals surface area (Å²) in [5.41, 5.74) is 5.35. The number of carbonyl (C=O) groups is 2. The maximum atomic E-state index is 12.2. The molecular formula is C14H36N6O9P2. The SMILES string of the molecule is CCCCCC(NC(=O)N(CCO)NC)NC(=O)N(CCO)NC.OP(O)OP(O)O. The number of carbonyl (C=O) groups excluding carboxylic acids is 2. The van der Waals surface area contributed by atoms with Gasteiger partial charge in [-0.15, -0.1) is 0 Å². The number of hydrazine groups is 2. The Morgan fingerprint density at radius 1 is 0.871 bits per heavy atom. The summed E-state index contributed by atoms with van der Waals surface area (Å²) < 4.78 is 3.60. The smallest absolute Gasteiger partial charge is 0.334 e. The second-order valence-corrected chi connectivity index (χ2v) is 7.40. The third kappa shape index (κ3) is 18.3. The fraction of sp³-hybridized carbons (Fsp3) is 0.857. The van der Waals surface area contributed by atoms with Gasteiger partial charge in [0.25, 0.3) is 0 Å².